The van der Waals surface area contributed by atoms with Crippen molar-refractivity contribution in [3.8, 4) is 0 Å². The van der Waals surface area contributed by atoms with Gasteiger partial charge in [0.1, 0.15) is 0 Å². The number of carboxylic acid groups (broad SMARTS) is 1. The molecular weight excluding hydrogens is 216 g/mol. The van der Waals surface area contributed by atoms with Gasteiger partial charge in [0.25, 0.3) is 0 Å². The van der Waals surface area contributed by atoms with Crippen LogP contribution in [-0.2, 0) is 16.0 Å². The number of thiophene rings is 1. The summed E-state index contributed by atoms with van der Waals surface area (Å²) >= 11 is 1.37. The third-order valence-corrected chi connectivity index (χ3v) is 2.96. The van der Waals surface area contributed by atoms with E-state index in [-0.39, 0.29) is 5.97 Å². The van der Waals surface area contributed by atoms with Crippen LogP contribution in [0.4, 0.5) is 0 Å². The van der Waals surface area contributed by atoms with Crippen LogP contribution in [0.5, 0.6) is 0 Å². The first-order chi connectivity index (χ1) is 7.04. The second kappa shape index (κ2) is 4.93. The first kappa shape index (κ1) is 11.7. The number of methoxy groups -OCH3 is 1. The fraction of sp³-hybridized carbons (Fsp3) is 0.400. The van der Waals surface area contributed by atoms with Gasteiger partial charge in [-0.2, -0.15) is 0 Å². The number of ether oxygens (including phenoxy) is 1. The Morgan fingerprint density at radius 3 is 2.80 bits per heavy atom. The molecule has 0 saturated heterocycles. The molecule has 1 rings (SSSR count). The lowest BCUT2D eigenvalue weighted by molar-refractivity contribution is -0.141. The first-order valence-electron chi connectivity index (χ1n) is 4.43. The molecule has 0 amide bonds. The van der Waals surface area contributed by atoms with E-state index in [4.69, 9.17) is 5.11 Å². The Balaban J connectivity index is 2.68. The van der Waals surface area contributed by atoms with Crippen LogP contribution >= 0.6 is 11.3 Å². The number of carboxylic acids is 1. The normalized spacial score (nSPS) is 12.1. The molecule has 1 aromatic heterocycles. The van der Waals surface area contributed by atoms with Gasteiger partial charge in [0.15, 0.2) is 0 Å². The van der Waals surface area contributed by atoms with Crippen molar-refractivity contribution < 1.29 is 19.4 Å². The largest absolute Gasteiger partial charge is 0.481 e. The molecule has 0 saturated carbocycles. The summed E-state index contributed by atoms with van der Waals surface area (Å²) in [5.41, 5.74) is 0.482. The first-order valence-corrected chi connectivity index (χ1v) is 5.31. The molecule has 0 fully saturated rings. The zero-order valence-electron chi connectivity index (χ0n) is 8.52. The summed E-state index contributed by atoms with van der Waals surface area (Å²) in [7, 11) is 1.32. The zero-order chi connectivity index (χ0) is 11.4. The lowest BCUT2D eigenvalue weighted by atomic mass is 10.1. The smallest absolute Gasteiger partial charge is 0.338 e. The Kier molecular flexibility index (Phi) is 3.85. The fourth-order valence-corrected chi connectivity index (χ4v) is 2.09. The van der Waals surface area contributed by atoms with Crippen molar-refractivity contribution in [1.82, 2.24) is 0 Å². The molecule has 5 heteroatoms. The highest BCUT2D eigenvalue weighted by molar-refractivity contribution is 7.10. The summed E-state index contributed by atoms with van der Waals surface area (Å²) in [4.78, 5) is 22.6. The van der Waals surface area contributed by atoms with E-state index in [1.165, 1.54) is 18.4 Å². The minimum absolute atomic E-state index is 0.388. The van der Waals surface area contributed by atoms with Crippen molar-refractivity contribution in [3.05, 3.63) is 21.9 Å². The Hall–Kier alpha value is -1.36. The fourth-order valence-electron chi connectivity index (χ4n) is 1.10. The molecule has 1 unspecified atom stereocenters. The van der Waals surface area contributed by atoms with Gasteiger partial charge in [-0.1, -0.05) is 6.92 Å². The van der Waals surface area contributed by atoms with Crippen molar-refractivity contribution in [2.45, 2.75) is 13.3 Å². The molecule has 0 aliphatic carbocycles. The zero-order valence-corrected chi connectivity index (χ0v) is 9.34. The predicted octanol–water partition coefficient (Wildman–Crippen LogP) is 1.80. The highest BCUT2D eigenvalue weighted by Crippen LogP contribution is 2.19. The predicted molar refractivity (Wildman–Crippen MR) is 56.2 cm³/mol. The van der Waals surface area contributed by atoms with Crippen molar-refractivity contribution in [3.63, 3.8) is 0 Å². The Morgan fingerprint density at radius 1 is 1.60 bits per heavy atom. The maximum absolute atomic E-state index is 11.1. The second-order valence-corrected chi connectivity index (χ2v) is 4.23. The Labute approximate surface area is 91.5 Å². The lowest BCUT2D eigenvalue weighted by Crippen LogP contribution is -2.11. The van der Waals surface area contributed by atoms with Crippen LogP contribution in [0.15, 0.2) is 11.4 Å². The topological polar surface area (TPSA) is 63.6 Å². The van der Waals surface area contributed by atoms with Gasteiger partial charge >= 0.3 is 11.9 Å². The van der Waals surface area contributed by atoms with Gasteiger partial charge in [-0.05, 0) is 12.5 Å². The summed E-state index contributed by atoms with van der Waals surface area (Å²) in [6, 6.07) is 1.68. The van der Waals surface area contributed by atoms with Crippen LogP contribution in [-0.4, -0.2) is 24.2 Å². The Morgan fingerprint density at radius 2 is 2.27 bits per heavy atom. The van der Waals surface area contributed by atoms with Crippen LogP contribution in [0.2, 0.25) is 0 Å². The molecule has 1 atom stereocenters. The molecule has 1 aromatic rings. The molecule has 0 spiro atoms. The number of carbonyl (C=O) groups is 2. The minimum atomic E-state index is -0.831. The Bertz CT molecular complexity index is 369. The molecule has 0 bridgehead atoms. The van der Waals surface area contributed by atoms with E-state index in [2.05, 4.69) is 4.74 Å². The van der Waals surface area contributed by atoms with E-state index in [1.807, 2.05) is 0 Å². The van der Waals surface area contributed by atoms with E-state index < -0.39 is 11.9 Å². The minimum Gasteiger partial charge on any atom is -0.481 e. The molecule has 1 N–H and O–H groups in total. The average molecular weight is 228 g/mol. The number of hydrogen-bond acceptors (Lipinski definition) is 4. The maximum atomic E-state index is 11.1. The number of esters is 1. The summed E-state index contributed by atoms with van der Waals surface area (Å²) in [5.74, 6) is -1.65. The van der Waals surface area contributed by atoms with Gasteiger partial charge in [-0.15, -0.1) is 11.3 Å². The van der Waals surface area contributed by atoms with Gasteiger partial charge < -0.3 is 9.84 Å². The lowest BCUT2D eigenvalue weighted by Gasteiger charge is -2.02. The van der Waals surface area contributed by atoms with Crippen molar-refractivity contribution in [2.75, 3.05) is 7.11 Å². The third-order valence-electron chi connectivity index (χ3n) is 2.00. The molecule has 1 heterocycles. The number of carbonyl (C=O) groups excluding carboxylic acids is 1. The SMILES string of the molecule is COC(=O)c1csc(CC(C)C(=O)O)c1. The molecule has 15 heavy (non-hydrogen) atoms. The molecule has 4 nitrogen and oxygen atoms in total. The quantitative estimate of drug-likeness (QED) is 0.798. The van der Waals surface area contributed by atoms with Crippen molar-refractivity contribution >= 4 is 23.3 Å². The highest BCUT2D eigenvalue weighted by atomic mass is 32.1. The van der Waals surface area contributed by atoms with Gasteiger partial charge in [0.05, 0.1) is 18.6 Å². The standard InChI is InChI=1S/C10H12O4S/c1-6(9(11)12)3-8-4-7(5-15-8)10(13)14-2/h4-6H,3H2,1-2H3,(H,11,12). The van der Waals surface area contributed by atoms with Crippen LogP contribution in [0, 0.1) is 5.92 Å². The average Bonchev–Trinajstić information content (AvgIpc) is 2.65. The van der Waals surface area contributed by atoms with E-state index in [1.54, 1.807) is 18.4 Å². The van der Waals surface area contributed by atoms with Crippen LogP contribution in [0.1, 0.15) is 22.2 Å². The van der Waals surface area contributed by atoms with E-state index in [0.29, 0.717) is 12.0 Å². The summed E-state index contributed by atoms with van der Waals surface area (Å²) in [5, 5.41) is 10.4. The molecule has 0 aliphatic rings. The van der Waals surface area contributed by atoms with E-state index in [0.717, 1.165) is 4.88 Å². The maximum Gasteiger partial charge on any atom is 0.338 e. The number of aliphatic carboxylic acids is 1. The summed E-state index contributed by atoms with van der Waals surface area (Å²) in [6.07, 6.45) is 0.441. The summed E-state index contributed by atoms with van der Waals surface area (Å²) in [6.45, 7) is 1.64. The van der Waals surface area contributed by atoms with Crippen LogP contribution < -0.4 is 0 Å². The number of rotatable bonds is 4. The van der Waals surface area contributed by atoms with Gasteiger partial charge in [-0.3, -0.25) is 4.79 Å². The molecule has 82 valence electrons. The highest BCUT2D eigenvalue weighted by Gasteiger charge is 2.14. The molecule has 0 radical (unpaired) electrons. The van der Waals surface area contributed by atoms with Gasteiger partial charge in [0.2, 0.25) is 0 Å². The van der Waals surface area contributed by atoms with E-state index >= 15 is 0 Å². The number of hydrogen-bond donors (Lipinski definition) is 1. The molecular formula is C10H12O4S. The molecule has 0 aliphatic heterocycles. The second-order valence-electron chi connectivity index (χ2n) is 3.24. The molecule has 0 aromatic carbocycles. The van der Waals surface area contributed by atoms with Crippen molar-refractivity contribution in [2.24, 2.45) is 5.92 Å². The van der Waals surface area contributed by atoms with Gasteiger partial charge in [0, 0.05) is 10.3 Å². The monoisotopic (exact) mass is 228 g/mol. The van der Waals surface area contributed by atoms with E-state index in [9.17, 15) is 9.59 Å². The van der Waals surface area contributed by atoms with Gasteiger partial charge in [-0.25, -0.2) is 4.79 Å². The summed E-state index contributed by atoms with van der Waals surface area (Å²) < 4.78 is 4.55. The van der Waals surface area contributed by atoms with Crippen molar-refractivity contribution in [1.29, 1.82) is 0 Å². The third kappa shape index (κ3) is 3.06. The van der Waals surface area contributed by atoms with Crippen LogP contribution in [0.3, 0.4) is 0 Å². The van der Waals surface area contributed by atoms with Crippen LogP contribution in [0.25, 0.3) is 0 Å².